The highest BCUT2D eigenvalue weighted by Gasteiger charge is 2.28. The predicted octanol–water partition coefficient (Wildman–Crippen LogP) is 5.46. The zero-order chi connectivity index (χ0) is 21.4. The van der Waals surface area contributed by atoms with Gasteiger partial charge in [-0.05, 0) is 37.0 Å². The average molecular weight is 435 g/mol. The fourth-order valence-corrected chi connectivity index (χ4v) is 4.37. The van der Waals surface area contributed by atoms with E-state index in [-0.39, 0.29) is 17.6 Å². The fourth-order valence-electron chi connectivity index (χ4n) is 3.37. The minimum absolute atomic E-state index is 0.0504. The Balaban J connectivity index is 1.38. The molecule has 158 valence electrons. The first kappa shape index (κ1) is 19.7. The van der Waals surface area contributed by atoms with Crippen LogP contribution in [0, 0.1) is 5.92 Å². The van der Waals surface area contributed by atoms with Gasteiger partial charge in [-0.15, -0.1) is 11.3 Å². The molecule has 0 saturated heterocycles. The molecule has 1 fully saturated rings. The highest BCUT2D eigenvalue weighted by Crippen LogP contribution is 2.42. The van der Waals surface area contributed by atoms with E-state index >= 15 is 0 Å². The lowest BCUT2D eigenvalue weighted by molar-refractivity contribution is 0.0885. The summed E-state index contributed by atoms with van der Waals surface area (Å²) in [6, 6.07) is 10.8. The SMILES string of the molecule is CC(C)C(NC(=O)c1ccco1)c1nc(-c2cccc(-c3csc(C4CC4)n3)c2)no1. The van der Waals surface area contributed by atoms with Gasteiger partial charge in [0, 0.05) is 22.4 Å². The molecule has 3 heterocycles. The highest BCUT2D eigenvalue weighted by atomic mass is 32.1. The third kappa shape index (κ3) is 4.16. The van der Waals surface area contributed by atoms with E-state index in [0.29, 0.717) is 17.6 Å². The molecule has 4 aromatic rings. The molecule has 3 aromatic heterocycles. The first-order valence-electron chi connectivity index (χ1n) is 10.3. The molecule has 1 aliphatic rings. The molecule has 0 aliphatic heterocycles. The number of hydrogen-bond donors (Lipinski definition) is 1. The van der Waals surface area contributed by atoms with Crippen molar-refractivity contribution in [3.8, 4) is 22.6 Å². The molecule has 1 aromatic carbocycles. The summed E-state index contributed by atoms with van der Waals surface area (Å²) < 4.78 is 10.7. The molecule has 0 spiro atoms. The predicted molar refractivity (Wildman–Crippen MR) is 117 cm³/mol. The number of rotatable bonds is 7. The Bertz CT molecular complexity index is 1190. The number of benzene rings is 1. The van der Waals surface area contributed by atoms with E-state index in [2.05, 4.69) is 20.8 Å². The Labute approximate surface area is 183 Å². The highest BCUT2D eigenvalue weighted by molar-refractivity contribution is 7.10. The van der Waals surface area contributed by atoms with Crippen LogP contribution in [0.1, 0.15) is 60.1 Å². The summed E-state index contributed by atoms with van der Waals surface area (Å²) in [6.45, 7) is 3.97. The van der Waals surface area contributed by atoms with Crippen molar-refractivity contribution in [1.82, 2.24) is 20.4 Å². The monoisotopic (exact) mass is 434 g/mol. The lowest BCUT2D eigenvalue weighted by atomic mass is 10.0. The van der Waals surface area contributed by atoms with E-state index in [1.54, 1.807) is 23.5 Å². The van der Waals surface area contributed by atoms with E-state index in [1.807, 2.05) is 38.1 Å². The minimum Gasteiger partial charge on any atom is -0.459 e. The maximum absolute atomic E-state index is 12.4. The van der Waals surface area contributed by atoms with E-state index < -0.39 is 6.04 Å². The number of carbonyl (C=O) groups excluding carboxylic acids is 1. The number of nitrogens with zero attached hydrogens (tertiary/aromatic N) is 3. The van der Waals surface area contributed by atoms with E-state index in [9.17, 15) is 4.79 Å². The van der Waals surface area contributed by atoms with Crippen LogP contribution < -0.4 is 5.32 Å². The smallest absolute Gasteiger partial charge is 0.287 e. The molecule has 1 amide bonds. The molecule has 7 nitrogen and oxygen atoms in total. The molecule has 31 heavy (non-hydrogen) atoms. The van der Waals surface area contributed by atoms with Crippen molar-refractivity contribution in [3.63, 3.8) is 0 Å². The summed E-state index contributed by atoms with van der Waals surface area (Å²) in [5.74, 6) is 1.46. The molecule has 1 atom stereocenters. The molecule has 1 aliphatic carbocycles. The molecule has 0 radical (unpaired) electrons. The van der Waals surface area contributed by atoms with Crippen molar-refractivity contribution >= 4 is 17.2 Å². The standard InChI is InChI=1S/C23H22N4O3S/c1-13(2)19(25-21(28)18-7-4-10-29-18)22-26-20(27-30-22)16-6-3-5-15(11-16)17-12-31-23(24-17)14-8-9-14/h3-7,10-14,19H,8-9H2,1-2H3,(H,25,28). The molecule has 1 N–H and O–H groups in total. The third-order valence-corrected chi connectivity index (χ3v) is 6.28. The van der Waals surface area contributed by atoms with Gasteiger partial charge in [0.25, 0.3) is 5.91 Å². The number of nitrogens with one attached hydrogen (secondary N) is 1. The van der Waals surface area contributed by atoms with Gasteiger partial charge in [0.2, 0.25) is 11.7 Å². The summed E-state index contributed by atoms with van der Waals surface area (Å²) in [4.78, 5) is 21.8. The van der Waals surface area contributed by atoms with Crippen LogP contribution in [0.25, 0.3) is 22.6 Å². The summed E-state index contributed by atoms with van der Waals surface area (Å²) >= 11 is 1.72. The van der Waals surface area contributed by atoms with E-state index in [4.69, 9.17) is 13.9 Å². The molecule has 1 saturated carbocycles. The fraction of sp³-hybridized carbons (Fsp3) is 0.304. The van der Waals surface area contributed by atoms with Crippen molar-refractivity contribution in [2.75, 3.05) is 0 Å². The van der Waals surface area contributed by atoms with Crippen molar-refractivity contribution < 1.29 is 13.7 Å². The van der Waals surface area contributed by atoms with Gasteiger partial charge in [-0.2, -0.15) is 4.98 Å². The molecular formula is C23H22N4O3S. The Morgan fingerprint density at radius 1 is 1.16 bits per heavy atom. The van der Waals surface area contributed by atoms with Crippen LogP contribution in [0.15, 0.2) is 57.0 Å². The number of amides is 1. The van der Waals surface area contributed by atoms with Gasteiger partial charge >= 0.3 is 0 Å². The average Bonchev–Trinajstić information content (AvgIpc) is 3.22. The zero-order valence-electron chi connectivity index (χ0n) is 17.2. The van der Waals surface area contributed by atoms with Crippen LogP contribution in [0.2, 0.25) is 0 Å². The molecular weight excluding hydrogens is 412 g/mol. The summed E-state index contributed by atoms with van der Waals surface area (Å²) in [5.41, 5.74) is 2.84. The van der Waals surface area contributed by atoms with Gasteiger partial charge in [0.1, 0.15) is 6.04 Å². The van der Waals surface area contributed by atoms with Gasteiger partial charge < -0.3 is 14.3 Å². The second kappa shape index (κ2) is 8.11. The Hall–Kier alpha value is -3.26. The number of furan rings is 1. The topological polar surface area (TPSA) is 94.1 Å². The van der Waals surface area contributed by atoms with Crippen LogP contribution in [0.5, 0.6) is 0 Å². The van der Waals surface area contributed by atoms with E-state index in [0.717, 1.165) is 16.8 Å². The molecule has 1 unspecified atom stereocenters. The first-order valence-corrected chi connectivity index (χ1v) is 11.2. The van der Waals surface area contributed by atoms with Gasteiger partial charge in [-0.25, -0.2) is 4.98 Å². The zero-order valence-corrected chi connectivity index (χ0v) is 18.1. The summed E-state index contributed by atoms with van der Waals surface area (Å²) in [5, 5.41) is 10.4. The van der Waals surface area contributed by atoms with Crippen molar-refractivity contribution in [2.24, 2.45) is 5.92 Å². The van der Waals surface area contributed by atoms with Crippen LogP contribution in [-0.2, 0) is 0 Å². The molecule has 5 rings (SSSR count). The lowest BCUT2D eigenvalue weighted by Gasteiger charge is -2.17. The van der Waals surface area contributed by atoms with Crippen molar-refractivity contribution in [1.29, 1.82) is 0 Å². The summed E-state index contributed by atoms with van der Waals surface area (Å²) in [6.07, 6.45) is 3.95. The van der Waals surface area contributed by atoms with Gasteiger partial charge in [-0.3, -0.25) is 4.79 Å². The quantitative estimate of drug-likeness (QED) is 0.415. The first-order chi connectivity index (χ1) is 15.1. The largest absolute Gasteiger partial charge is 0.459 e. The van der Waals surface area contributed by atoms with Crippen LogP contribution in [0.4, 0.5) is 0 Å². The maximum Gasteiger partial charge on any atom is 0.287 e. The number of carbonyl (C=O) groups is 1. The second-order valence-corrected chi connectivity index (χ2v) is 8.94. The molecule has 0 bridgehead atoms. The van der Waals surface area contributed by atoms with E-state index in [1.165, 1.54) is 24.1 Å². The van der Waals surface area contributed by atoms with Crippen LogP contribution in [0.3, 0.4) is 0 Å². The van der Waals surface area contributed by atoms with Gasteiger partial charge in [-0.1, -0.05) is 37.2 Å². The Morgan fingerprint density at radius 3 is 2.74 bits per heavy atom. The maximum atomic E-state index is 12.4. The van der Waals surface area contributed by atoms with Crippen LogP contribution >= 0.6 is 11.3 Å². The van der Waals surface area contributed by atoms with Gasteiger partial charge in [0.15, 0.2) is 5.76 Å². The Morgan fingerprint density at radius 2 is 2.00 bits per heavy atom. The van der Waals surface area contributed by atoms with Crippen molar-refractivity contribution in [2.45, 2.75) is 38.6 Å². The number of thiazole rings is 1. The normalized spacial score (nSPS) is 14.7. The summed E-state index contributed by atoms with van der Waals surface area (Å²) in [7, 11) is 0. The number of aromatic nitrogens is 3. The third-order valence-electron chi connectivity index (χ3n) is 5.27. The van der Waals surface area contributed by atoms with Crippen molar-refractivity contribution in [3.05, 3.63) is 64.7 Å². The molecule has 8 heteroatoms. The minimum atomic E-state index is -0.429. The Kier molecular flexibility index (Phi) is 5.15. The lowest BCUT2D eigenvalue weighted by Crippen LogP contribution is -2.31. The number of hydrogen-bond acceptors (Lipinski definition) is 7. The second-order valence-electron chi connectivity index (χ2n) is 8.05. The van der Waals surface area contributed by atoms with Crippen LogP contribution in [-0.4, -0.2) is 21.0 Å². The van der Waals surface area contributed by atoms with Gasteiger partial charge in [0.05, 0.1) is 17.0 Å².